The highest BCUT2D eigenvalue weighted by Crippen LogP contribution is 2.38. The summed E-state index contributed by atoms with van der Waals surface area (Å²) in [6.07, 6.45) is 0.880. The third-order valence-electron chi connectivity index (χ3n) is 4.70. The number of carbonyl (C=O) groups is 1. The van der Waals surface area contributed by atoms with Crippen LogP contribution in [0, 0.1) is 0 Å². The molecule has 3 rings (SSSR count). The molecule has 2 aromatic rings. The van der Waals surface area contributed by atoms with Gasteiger partial charge < -0.3 is 28.7 Å². The minimum atomic E-state index is -0.856. The zero-order valence-electron chi connectivity index (χ0n) is 16.2. The van der Waals surface area contributed by atoms with Gasteiger partial charge in [0.25, 0.3) is 0 Å². The first-order valence-corrected chi connectivity index (χ1v) is 8.83. The fourth-order valence-corrected chi connectivity index (χ4v) is 3.38. The van der Waals surface area contributed by atoms with Gasteiger partial charge in [-0.2, -0.15) is 0 Å². The monoisotopic (exact) mass is 387 g/mol. The molecule has 1 aromatic carbocycles. The van der Waals surface area contributed by atoms with E-state index in [1.807, 2.05) is 13.8 Å². The second kappa shape index (κ2) is 7.85. The molecule has 1 amide bonds. The maximum absolute atomic E-state index is 12.1. The van der Waals surface area contributed by atoms with Gasteiger partial charge in [-0.05, 0) is 38.5 Å². The number of amides is 1. The molecule has 1 aliphatic heterocycles. The second-order valence-electron chi connectivity index (χ2n) is 7.02. The van der Waals surface area contributed by atoms with E-state index in [4.69, 9.17) is 31.2 Å². The van der Waals surface area contributed by atoms with Crippen LogP contribution < -0.4 is 20.4 Å². The van der Waals surface area contributed by atoms with Gasteiger partial charge in [-0.1, -0.05) is 0 Å². The van der Waals surface area contributed by atoms with E-state index in [0.29, 0.717) is 17.6 Å². The Bertz CT molecular complexity index is 940. The lowest BCUT2D eigenvalue weighted by atomic mass is 9.94. The number of anilines is 1. The first-order chi connectivity index (χ1) is 13.2. The molecule has 28 heavy (non-hydrogen) atoms. The van der Waals surface area contributed by atoms with Crippen LogP contribution in [0.5, 0.6) is 11.5 Å². The summed E-state index contributed by atoms with van der Waals surface area (Å²) in [7, 11) is 8.17. The molecule has 1 N–H and O–H groups in total. The quantitative estimate of drug-likeness (QED) is 0.623. The minimum Gasteiger partial charge on any atom is -0.490 e. The van der Waals surface area contributed by atoms with Gasteiger partial charge in [0.05, 0.1) is 18.8 Å². The Labute approximate surface area is 163 Å². The van der Waals surface area contributed by atoms with Crippen molar-refractivity contribution in [3.8, 4) is 11.5 Å². The third-order valence-corrected chi connectivity index (χ3v) is 4.70. The molecule has 1 fully saturated rings. The molecular weight excluding hydrogens is 365 g/mol. The normalized spacial score (nSPS) is 21.3. The molecule has 0 aliphatic carbocycles. The van der Waals surface area contributed by atoms with Gasteiger partial charge in [0.2, 0.25) is 19.9 Å². The van der Waals surface area contributed by atoms with Crippen molar-refractivity contribution in [1.82, 2.24) is 0 Å². The summed E-state index contributed by atoms with van der Waals surface area (Å²) in [6.45, 7) is 3.89. The van der Waals surface area contributed by atoms with Crippen LogP contribution in [0.1, 0.15) is 26.7 Å². The maximum atomic E-state index is 12.1. The summed E-state index contributed by atoms with van der Waals surface area (Å²) in [5.74, 6) is -0.217. The van der Waals surface area contributed by atoms with Crippen molar-refractivity contribution in [1.29, 1.82) is 0 Å². The van der Waals surface area contributed by atoms with E-state index in [-0.39, 0.29) is 23.1 Å². The molecule has 9 heteroatoms. The SMILES string of the molecule is [B]C(=O)Nc1cc2ccc(O[C@H]3CC[C@@H](OC)C(C)(C)O3)c(OC)c2oc1=O. The van der Waals surface area contributed by atoms with Crippen molar-refractivity contribution in [2.75, 3.05) is 19.5 Å². The molecule has 0 spiro atoms. The highest BCUT2D eigenvalue weighted by molar-refractivity contribution is 6.60. The number of nitrogens with one attached hydrogen (secondary N) is 1. The number of benzene rings is 1. The number of methoxy groups -OCH3 is 2. The fourth-order valence-electron chi connectivity index (χ4n) is 3.38. The van der Waals surface area contributed by atoms with Crippen molar-refractivity contribution >= 4 is 30.3 Å². The maximum Gasteiger partial charge on any atom is 0.360 e. The van der Waals surface area contributed by atoms with E-state index < -0.39 is 23.3 Å². The third kappa shape index (κ3) is 4.00. The summed E-state index contributed by atoms with van der Waals surface area (Å²) in [6, 6.07) is 4.84. The summed E-state index contributed by atoms with van der Waals surface area (Å²) >= 11 is 0. The highest BCUT2D eigenvalue weighted by atomic mass is 16.7. The van der Waals surface area contributed by atoms with Gasteiger partial charge >= 0.3 is 5.63 Å². The molecule has 8 nitrogen and oxygen atoms in total. The average Bonchev–Trinajstić information content (AvgIpc) is 2.61. The second-order valence-corrected chi connectivity index (χ2v) is 7.02. The summed E-state index contributed by atoms with van der Waals surface area (Å²) in [5, 5.41) is 2.77. The summed E-state index contributed by atoms with van der Waals surface area (Å²) < 4.78 is 28.2. The standard InChI is InChI=1S/C19H22BNO7/c1-19(2)13(24-3)7-8-14(28-19)26-12-6-5-10-9-11(21-18(20)23)17(22)27-15(10)16(12)25-4/h5-6,9,13-14H,7-8H2,1-4H3,(H,21,23)/t13-,14-/m1/s1. The Morgan fingerprint density at radius 3 is 2.64 bits per heavy atom. The van der Waals surface area contributed by atoms with Gasteiger partial charge in [-0.25, -0.2) is 4.79 Å². The van der Waals surface area contributed by atoms with Gasteiger partial charge in [0.15, 0.2) is 17.1 Å². The number of fused-ring (bicyclic) bond motifs is 1. The first-order valence-electron chi connectivity index (χ1n) is 8.83. The zero-order chi connectivity index (χ0) is 20.5. The van der Waals surface area contributed by atoms with E-state index >= 15 is 0 Å². The molecule has 0 unspecified atom stereocenters. The lowest BCUT2D eigenvalue weighted by Crippen LogP contribution is -2.49. The molecule has 2 radical (unpaired) electrons. The van der Waals surface area contributed by atoms with Crippen molar-refractivity contribution in [2.45, 2.75) is 44.7 Å². The lowest BCUT2D eigenvalue weighted by Gasteiger charge is -2.41. The predicted octanol–water partition coefficient (Wildman–Crippen LogP) is 2.81. The molecule has 1 aromatic heterocycles. The van der Waals surface area contributed by atoms with Crippen LogP contribution in [-0.4, -0.2) is 45.9 Å². The van der Waals surface area contributed by atoms with E-state index in [1.54, 1.807) is 19.2 Å². The van der Waals surface area contributed by atoms with E-state index in [9.17, 15) is 9.59 Å². The number of hydrogen-bond acceptors (Lipinski definition) is 7. The topological polar surface area (TPSA) is 96.2 Å². The van der Waals surface area contributed by atoms with Gasteiger partial charge in [-0.3, -0.25) is 4.79 Å². The van der Waals surface area contributed by atoms with Crippen LogP contribution in [0.2, 0.25) is 0 Å². The minimum absolute atomic E-state index is 0.0277. The Hall–Kier alpha value is -2.52. The van der Waals surface area contributed by atoms with E-state index in [2.05, 4.69) is 5.32 Å². The van der Waals surface area contributed by atoms with Gasteiger partial charge in [-0.15, -0.1) is 0 Å². The molecule has 2 atom stereocenters. The van der Waals surface area contributed by atoms with Crippen LogP contribution in [-0.2, 0) is 9.47 Å². The smallest absolute Gasteiger partial charge is 0.360 e. The highest BCUT2D eigenvalue weighted by Gasteiger charge is 2.39. The summed E-state index contributed by atoms with van der Waals surface area (Å²) in [5.41, 5.74) is -1.12. The van der Waals surface area contributed by atoms with Crippen LogP contribution in [0.3, 0.4) is 0 Å². The van der Waals surface area contributed by atoms with Crippen LogP contribution in [0.15, 0.2) is 27.4 Å². The van der Waals surface area contributed by atoms with Gasteiger partial charge in [0.1, 0.15) is 5.69 Å². The Balaban J connectivity index is 1.92. The van der Waals surface area contributed by atoms with Crippen LogP contribution in [0.25, 0.3) is 11.0 Å². The summed E-state index contributed by atoms with van der Waals surface area (Å²) in [4.78, 5) is 23.1. The van der Waals surface area contributed by atoms with Crippen LogP contribution >= 0.6 is 0 Å². The molecule has 0 bridgehead atoms. The first kappa shape index (κ1) is 20.2. The van der Waals surface area contributed by atoms with Crippen molar-refractivity contribution < 1.29 is 28.2 Å². The van der Waals surface area contributed by atoms with Gasteiger partial charge in [0, 0.05) is 18.9 Å². The fraction of sp³-hybridized carbons (Fsp3) is 0.474. The predicted molar refractivity (Wildman–Crippen MR) is 103 cm³/mol. The average molecular weight is 387 g/mol. The van der Waals surface area contributed by atoms with Crippen LogP contribution in [0.4, 0.5) is 10.5 Å². The zero-order valence-corrected chi connectivity index (χ0v) is 16.2. The Kier molecular flexibility index (Phi) is 5.67. The number of carbonyl (C=O) groups excluding carboxylic acids is 1. The van der Waals surface area contributed by atoms with E-state index in [1.165, 1.54) is 13.2 Å². The Morgan fingerprint density at radius 2 is 2.04 bits per heavy atom. The van der Waals surface area contributed by atoms with E-state index in [0.717, 1.165) is 6.42 Å². The molecule has 1 aliphatic rings. The lowest BCUT2D eigenvalue weighted by molar-refractivity contribution is -0.233. The molecule has 1 saturated heterocycles. The molecule has 148 valence electrons. The number of hydrogen-bond donors (Lipinski definition) is 1. The molecule has 0 saturated carbocycles. The van der Waals surface area contributed by atoms with Crippen molar-refractivity contribution in [3.05, 3.63) is 28.6 Å². The molecule has 2 heterocycles. The van der Waals surface area contributed by atoms with Crippen molar-refractivity contribution in [2.24, 2.45) is 0 Å². The van der Waals surface area contributed by atoms with Crippen molar-refractivity contribution in [3.63, 3.8) is 0 Å². The number of rotatable bonds is 5. The Morgan fingerprint density at radius 1 is 1.29 bits per heavy atom. The largest absolute Gasteiger partial charge is 0.490 e. The molecular formula is C19H22BNO7. The number of ether oxygens (including phenoxy) is 4.